The molecule has 0 aromatic heterocycles. The molecule has 0 amide bonds. The molecule has 0 aromatic rings. The summed E-state index contributed by atoms with van der Waals surface area (Å²) in [5, 5.41) is 7.20. The quantitative estimate of drug-likeness (QED) is 0.715. The van der Waals surface area contributed by atoms with Crippen LogP contribution in [0.15, 0.2) is 4.99 Å². The highest BCUT2D eigenvalue weighted by atomic mass is 16.5. The second-order valence-corrected chi connectivity index (χ2v) is 5.93. The van der Waals surface area contributed by atoms with E-state index in [0.717, 1.165) is 32.7 Å². The van der Waals surface area contributed by atoms with Crippen molar-refractivity contribution in [2.45, 2.75) is 37.3 Å². The second-order valence-electron chi connectivity index (χ2n) is 5.93. The molecule has 108 valence electrons. The van der Waals surface area contributed by atoms with E-state index in [9.17, 15) is 0 Å². The first kappa shape index (κ1) is 13.3. The Kier molecular flexibility index (Phi) is 4.05. The normalized spacial score (nSPS) is 34.7. The van der Waals surface area contributed by atoms with Crippen LogP contribution in [-0.2, 0) is 4.74 Å². The van der Waals surface area contributed by atoms with Gasteiger partial charge >= 0.3 is 0 Å². The first-order chi connectivity index (χ1) is 9.35. The Labute approximate surface area is 115 Å². The van der Waals surface area contributed by atoms with Crippen LogP contribution in [0.4, 0.5) is 0 Å². The predicted octanol–water partition coefficient (Wildman–Crippen LogP) is 0.221. The summed E-state index contributed by atoms with van der Waals surface area (Å²) >= 11 is 0. The summed E-state index contributed by atoms with van der Waals surface area (Å²) in [6.45, 7) is 6.34. The van der Waals surface area contributed by atoms with Crippen molar-refractivity contribution in [3.8, 4) is 0 Å². The lowest BCUT2D eigenvalue weighted by Gasteiger charge is -2.48. The third kappa shape index (κ3) is 2.51. The van der Waals surface area contributed by atoms with Gasteiger partial charge in [-0.1, -0.05) is 0 Å². The molecule has 3 saturated heterocycles. The van der Waals surface area contributed by atoms with Gasteiger partial charge in [0.05, 0.1) is 5.54 Å². The van der Waals surface area contributed by atoms with E-state index < -0.39 is 0 Å². The van der Waals surface area contributed by atoms with E-state index in [1.165, 1.54) is 38.2 Å². The van der Waals surface area contributed by atoms with Gasteiger partial charge in [-0.2, -0.15) is 0 Å². The van der Waals surface area contributed by atoms with E-state index in [2.05, 4.69) is 15.5 Å². The molecule has 2 unspecified atom stereocenters. The molecule has 5 nitrogen and oxygen atoms in total. The van der Waals surface area contributed by atoms with Crippen LogP contribution in [-0.4, -0.2) is 68.8 Å². The zero-order chi connectivity index (χ0) is 13.1. The van der Waals surface area contributed by atoms with E-state index in [-0.39, 0.29) is 5.54 Å². The number of fused-ring (bicyclic) bond motifs is 3. The SMILES string of the molecule is COCCCN=C1NC2CCN(C2)C12CCNCC2. The number of piperazine rings is 1. The van der Waals surface area contributed by atoms with Crippen molar-refractivity contribution in [3.05, 3.63) is 0 Å². The lowest BCUT2D eigenvalue weighted by molar-refractivity contribution is 0.126. The number of rotatable bonds is 4. The van der Waals surface area contributed by atoms with Gasteiger partial charge in [-0.25, -0.2) is 0 Å². The van der Waals surface area contributed by atoms with Crippen LogP contribution in [0.3, 0.4) is 0 Å². The number of aliphatic imine (C=N–C) groups is 1. The molecule has 19 heavy (non-hydrogen) atoms. The van der Waals surface area contributed by atoms with Gasteiger partial charge in [-0.05, 0) is 38.8 Å². The molecule has 2 atom stereocenters. The highest BCUT2D eigenvalue weighted by Crippen LogP contribution is 2.34. The molecule has 3 rings (SSSR count). The van der Waals surface area contributed by atoms with E-state index in [1.807, 2.05) is 0 Å². The Morgan fingerprint density at radius 3 is 3.05 bits per heavy atom. The van der Waals surface area contributed by atoms with Crippen LogP contribution in [0.2, 0.25) is 0 Å². The Morgan fingerprint density at radius 2 is 2.26 bits per heavy atom. The number of methoxy groups -OCH3 is 1. The molecule has 3 heterocycles. The summed E-state index contributed by atoms with van der Waals surface area (Å²) in [6, 6.07) is 0.627. The van der Waals surface area contributed by atoms with Gasteiger partial charge in [0.1, 0.15) is 5.84 Å². The van der Waals surface area contributed by atoms with Crippen LogP contribution in [0.5, 0.6) is 0 Å². The fourth-order valence-corrected chi connectivity index (χ4v) is 3.73. The Morgan fingerprint density at radius 1 is 1.42 bits per heavy atom. The fraction of sp³-hybridized carbons (Fsp3) is 0.929. The molecule has 1 spiro atoms. The number of hydrogen-bond acceptors (Lipinski definition) is 4. The minimum atomic E-state index is 0.200. The first-order valence-electron chi connectivity index (χ1n) is 7.61. The summed E-state index contributed by atoms with van der Waals surface area (Å²) in [7, 11) is 1.76. The van der Waals surface area contributed by atoms with Gasteiger partial charge < -0.3 is 15.4 Å². The smallest absolute Gasteiger partial charge is 0.117 e. The van der Waals surface area contributed by atoms with Crippen molar-refractivity contribution in [2.75, 3.05) is 46.4 Å². The predicted molar refractivity (Wildman–Crippen MR) is 76.7 cm³/mol. The third-order valence-corrected chi connectivity index (χ3v) is 4.78. The van der Waals surface area contributed by atoms with Gasteiger partial charge in [-0.3, -0.25) is 9.89 Å². The minimum Gasteiger partial charge on any atom is -0.385 e. The van der Waals surface area contributed by atoms with Crippen molar-refractivity contribution >= 4 is 5.84 Å². The molecule has 2 N–H and O–H groups in total. The Bertz CT molecular complexity index is 338. The molecular weight excluding hydrogens is 240 g/mol. The van der Waals surface area contributed by atoms with E-state index in [0.29, 0.717) is 6.04 Å². The van der Waals surface area contributed by atoms with E-state index in [4.69, 9.17) is 9.73 Å². The molecule has 3 aliphatic heterocycles. The standard InChI is InChI=1S/C14H26N4O/c1-19-10-2-6-16-13-14(4-7-15-8-5-14)18-9-3-12(11-18)17-13/h12,15H,2-11H2,1H3,(H,16,17). The van der Waals surface area contributed by atoms with Crippen LogP contribution < -0.4 is 10.6 Å². The molecule has 3 aliphatic rings. The lowest BCUT2D eigenvalue weighted by Crippen LogP contribution is -2.67. The highest BCUT2D eigenvalue weighted by Gasteiger charge is 2.49. The molecular formula is C14H26N4O. The van der Waals surface area contributed by atoms with Crippen LogP contribution in [0.1, 0.15) is 25.7 Å². The average Bonchev–Trinajstić information content (AvgIpc) is 2.87. The summed E-state index contributed by atoms with van der Waals surface area (Å²) in [6.07, 6.45) is 4.67. The maximum absolute atomic E-state index is 5.11. The van der Waals surface area contributed by atoms with Crippen LogP contribution >= 0.6 is 0 Å². The molecule has 2 bridgehead atoms. The van der Waals surface area contributed by atoms with Crippen LogP contribution in [0.25, 0.3) is 0 Å². The summed E-state index contributed by atoms with van der Waals surface area (Å²) in [4.78, 5) is 7.58. The van der Waals surface area contributed by atoms with Gasteiger partial charge in [-0.15, -0.1) is 0 Å². The van der Waals surface area contributed by atoms with E-state index >= 15 is 0 Å². The largest absolute Gasteiger partial charge is 0.385 e. The second kappa shape index (κ2) is 5.77. The minimum absolute atomic E-state index is 0.200. The van der Waals surface area contributed by atoms with Crippen molar-refractivity contribution in [1.29, 1.82) is 0 Å². The maximum Gasteiger partial charge on any atom is 0.117 e. The molecule has 5 heteroatoms. The topological polar surface area (TPSA) is 48.9 Å². The van der Waals surface area contributed by atoms with Crippen molar-refractivity contribution in [3.63, 3.8) is 0 Å². The highest BCUT2D eigenvalue weighted by molar-refractivity contribution is 5.93. The lowest BCUT2D eigenvalue weighted by atomic mass is 9.83. The zero-order valence-electron chi connectivity index (χ0n) is 12.0. The molecule has 0 radical (unpaired) electrons. The first-order valence-corrected chi connectivity index (χ1v) is 7.61. The molecule has 0 aliphatic carbocycles. The summed E-state index contributed by atoms with van der Waals surface area (Å²) in [5.41, 5.74) is 0.200. The van der Waals surface area contributed by atoms with Crippen molar-refractivity contribution in [1.82, 2.24) is 15.5 Å². The van der Waals surface area contributed by atoms with Gasteiger partial charge in [0.25, 0.3) is 0 Å². The molecule has 0 saturated carbocycles. The fourth-order valence-electron chi connectivity index (χ4n) is 3.73. The Hall–Kier alpha value is -0.650. The zero-order valence-corrected chi connectivity index (χ0v) is 12.0. The van der Waals surface area contributed by atoms with E-state index in [1.54, 1.807) is 7.11 Å². The third-order valence-electron chi connectivity index (χ3n) is 4.78. The number of nitrogens with zero attached hydrogens (tertiary/aromatic N) is 2. The summed E-state index contributed by atoms with van der Waals surface area (Å²) < 4.78 is 5.11. The van der Waals surface area contributed by atoms with Gasteiger partial charge in [0.2, 0.25) is 0 Å². The monoisotopic (exact) mass is 266 g/mol. The number of nitrogens with one attached hydrogen (secondary N) is 2. The van der Waals surface area contributed by atoms with Crippen molar-refractivity contribution in [2.24, 2.45) is 4.99 Å². The number of piperidine rings is 1. The number of amidine groups is 1. The van der Waals surface area contributed by atoms with Gasteiger partial charge in [0, 0.05) is 39.4 Å². The average molecular weight is 266 g/mol. The number of hydrogen-bond donors (Lipinski definition) is 2. The number of ether oxygens (including phenoxy) is 1. The van der Waals surface area contributed by atoms with Crippen molar-refractivity contribution < 1.29 is 4.74 Å². The summed E-state index contributed by atoms with van der Waals surface area (Å²) in [5.74, 6) is 1.26. The maximum atomic E-state index is 5.11. The molecule has 3 fully saturated rings. The van der Waals surface area contributed by atoms with Crippen LogP contribution in [0, 0.1) is 0 Å². The van der Waals surface area contributed by atoms with Gasteiger partial charge in [0.15, 0.2) is 0 Å². The Balaban J connectivity index is 1.75. The molecule has 0 aromatic carbocycles.